The molecule has 0 saturated carbocycles. The highest BCUT2D eigenvalue weighted by molar-refractivity contribution is 5.84. The van der Waals surface area contributed by atoms with Crippen LogP contribution >= 0.6 is 0 Å². The van der Waals surface area contributed by atoms with Gasteiger partial charge in [0.2, 0.25) is 0 Å². The summed E-state index contributed by atoms with van der Waals surface area (Å²) < 4.78 is 39.2. The van der Waals surface area contributed by atoms with Crippen molar-refractivity contribution in [2.45, 2.75) is 19.3 Å². The van der Waals surface area contributed by atoms with Crippen molar-refractivity contribution in [3.05, 3.63) is 0 Å². The van der Waals surface area contributed by atoms with Crippen LogP contribution in [0, 0.1) is 0 Å². The molecule has 0 amide bonds. The quantitative estimate of drug-likeness (QED) is 0.328. The summed E-state index contributed by atoms with van der Waals surface area (Å²) in [6.07, 6.45) is -4.57. The van der Waals surface area contributed by atoms with Crippen LogP contribution in [0.4, 0.5) is 13.2 Å². The molecular formula is C10H19F3N4O2. The van der Waals surface area contributed by atoms with Crippen molar-refractivity contribution >= 4 is 5.84 Å². The second kappa shape index (κ2) is 6.92. The van der Waals surface area contributed by atoms with Gasteiger partial charge in [-0.3, -0.25) is 14.5 Å². The molecule has 1 aliphatic rings. The van der Waals surface area contributed by atoms with Gasteiger partial charge in [-0.1, -0.05) is 5.16 Å². The number of nitrogens with zero attached hydrogens (tertiary/aromatic N) is 3. The monoisotopic (exact) mass is 284 g/mol. The first-order valence-electron chi connectivity index (χ1n) is 5.98. The first kappa shape index (κ1) is 16.0. The molecule has 3 N–H and O–H groups in total. The highest BCUT2D eigenvalue weighted by atomic mass is 19.4. The van der Waals surface area contributed by atoms with E-state index in [9.17, 15) is 13.2 Å². The van der Waals surface area contributed by atoms with Gasteiger partial charge >= 0.3 is 6.36 Å². The highest BCUT2D eigenvalue weighted by Crippen LogP contribution is 2.16. The fourth-order valence-corrected chi connectivity index (χ4v) is 1.94. The summed E-state index contributed by atoms with van der Waals surface area (Å²) in [4.78, 5) is 3.90. The van der Waals surface area contributed by atoms with Gasteiger partial charge in [0.15, 0.2) is 5.84 Å². The Hall–Kier alpha value is -1.06. The highest BCUT2D eigenvalue weighted by Gasteiger charge is 2.29. The fourth-order valence-electron chi connectivity index (χ4n) is 1.94. The lowest BCUT2D eigenvalue weighted by Crippen LogP contribution is -2.53. The molecule has 0 aromatic heterocycles. The molecule has 0 aromatic carbocycles. The number of hydrogen-bond acceptors (Lipinski definition) is 5. The average Bonchev–Trinajstić information content (AvgIpc) is 2.36. The maximum atomic E-state index is 11.8. The van der Waals surface area contributed by atoms with Crippen LogP contribution in [0.25, 0.3) is 0 Å². The Morgan fingerprint density at radius 1 is 1.37 bits per heavy atom. The van der Waals surface area contributed by atoms with E-state index in [1.807, 2.05) is 16.7 Å². The summed E-state index contributed by atoms with van der Waals surface area (Å²) in [7, 11) is 0. The molecule has 0 radical (unpaired) electrons. The van der Waals surface area contributed by atoms with E-state index in [4.69, 9.17) is 10.9 Å². The second-order valence-corrected chi connectivity index (χ2v) is 4.37. The van der Waals surface area contributed by atoms with Crippen LogP contribution in [0.2, 0.25) is 0 Å². The molecule has 112 valence electrons. The molecule has 19 heavy (non-hydrogen) atoms. The molecule has 1 unspecified atom stereocenters. The van der Waals surface area contributed by atoms with Gasteiger partial charge in [0.25, 0.3) is 0 Å². The summed E-state index contributed by atoms with van der Waals surface area (Å²) in [5, 5.41) is 11.5. The van der Waals surface area contributed by atoms with Crippen molar-refractivity contribution in [2.75, 3.05) is 39.3 Å². The first-order valence-corrected chi connectivity index (χ1v) is 5.98. The van der Waals surface area contributed by atoms with Gasteiger partial charge in [-0.05, 0) is 6.92 Å². The molecule has 1 aliphatic heterocycles. The number of piperazine rings is 1. The lowest BCUT2D eigenvalue weighted by Gasteiger charge is -2.37. The molecule has 1 atom stereocenters. The molecule has 0 aliphatic carbocycles. The van der Waals surface area contributed by atoms with E-state index in [1.54, 1.807) is 0 Å². The molecule has 9 heteroatoms. The maximum absolute atomic E-state index is 11.8. The van der Waals surface area contributed by atoms with Crippen molar-refractivity contribution in [1.82, 2.24) is 9.80 Å². The van der Waals surface area contributed by atoms with Crippen LogP contribution in [0.1, 0.15) is 6.92 Å². The smallest absolute Gasteiger partial charge is 0.409 e. The van der Waals surface area contributed by atoms with Crippen LogP contribution in [0.15, 0.2) is 5.16 Å². The number of ether oxygens (including phenoxy) is 1. The third-order valence-corrected chi connectivity index (χ3v) is 3.17. The van der Waals surface area contributed by atoms with Gasteiger partial charge in [0.1, 0.15) is 0 Å². The second-order valence-electron chi connectivity index (χ2n) is 4.37. The van der Waals surface area contributed by atoms with Crippen LogP contribution in [0.5, 0.6) is 0 Å². The van der Waals surface area contributed by atoms with Crippen molar-refractivity contribution in [3.63, 3.8) is 0 Å². The molecule has 0 spiro atoms. The third kappa shape index (κ3) is 5.62. The van der Waals surface area contributed by atoms with Gasteiger partial charge in [-0.25, -0.2) is 0 Å². The van der Waals surface area contributed by atoms with Crippen molar-refractivity contribution in [1.29, 1.82) is 0 Å². The zero-order valence-electron chi connectivity index (χ0n) is 10.7. The average molecular weight is 284 g/mol. The van der Waals surface area contributed by atoms with Crippen LogP contribution < -0.4 is 5.73 Å². The van der Waals surface area contributed by atoms with E-state index in [0.717, 1.165) is 0 Å². The molecule has 1 rings (SSSR count). The lowest BCUT2D eigenvalue weighted by molar-refractivity contribution is -0.325. The molecule has 1 heterocycles. The summed E-state index contributed by atoms with van der Waals surface area (Å²) in [6.45, 7) is 4.27. The molecule has 6 nitrogen and oxygen atoms in total. The number of oxime groups is 1. The Morgan fingerprint density at radius 2 is 1.95 bits per heavy atom. The molecule has 0 bridgehead atoms. The van der Waals surface area contributed by atoms with Crippen molar-refractivity contribution < 1.29 is 23.1 Å². The van der Waals surface area contributed by atoms with Gasteiger partial charge < -0.3 is 10.9 Å². The number of halogens is 3. The predicted molar refractivity (Wildman–Crippen MR) is 62.9 cm³/mol. The SMILES string of the molecule is CC(C(N)=NO)N1CCN(CCOC(F)(F)F)CC1. The van der Waals surface area contributed by atoms with Gasteiger partial charge in [-0.15, -0.1) is 13.2 Å². The topological polar surface area (TPSA) is 74.3 Å². The lowest BCUT2D eigenvalue weighted by atomic mass is 10.2. The van der Waals surface area contributed by atoms with Gasteiger partial charge in [0, 0.05) is 32.7 Å². The summed E-state index contributed by atoms with van der Waals surface area (Å²) in [6, 6.07) is -0.182. The molecule has 0 aromatic rings. The van der Waals surface area contributed by atoms with Crippen LogP contribution in [-0.2, 0) is 4.74 Å². The van der Waals surface area contributed by atoms with Gasteiger partial charge in [0.05, 0.1) is 12.6 Å². The predicted octanol–water partition coefficient (Wildman–Crippen LogP) is 0.275. The Balaban J connectivity index is 2.26. The third-order valence-electron chi connectivity index (χ3n) is 3.17. The minimum Gasteiger partial charge on any atom is -0.409 e. The number of rotatable bonds is 5. The molecule has 1 saturated heterocycles. The fraction of sp³-hybridized carbons (Fsp3) is 0.900. The Morgan fingerprint density at radius 3 is 2.42 bits per heavy atom. The Labute approximate surface area is 109 Å². The van der Waals surface area contributed by atoms with Crippen LogP contribution in [0.3, 0.4) is 0 Å². The zero-order valence-corrected chi connectivity index (χ0v) is 10.7. The first-order chi connectivity index (χ1) is 8.83. The standard InChI is InChI=1S/C10H19F3N4O2/c1-8(9(14)15-18)17-4-2-16(3-5-17)6-7-19-10(11,12)13/h8,18H,2-7H2,1H3,(H2,14,15). The maximum Gasteiger partial charge on any atom is 0.522 e. The van der Waals surface area contributed by atoms with Crippen molar-refractivity contribution in [2.24, 2.45) is 10.9 Å². The van der Waals surface area contributed by atoms with E-state index in [0.29, 0.717) is 26.2 Å². The summed E-state index contributed by atoms with van der Waals surface area (Å²) in [5.74, 6) is 0.133. The molecular weight excluding hydrogens is 265 g/mol. The number of alkyl halides is 3. The number of hydrogen-bond donors (Lipinski definition) is 2. The molecule has 1 fully saturated rings. The Bertz CT molecular complexity index is 304. The summed E-state index contributed by atoms with van der Waals surface area (Å²) in [5.41, 5.74) is 5.51. The number of nitrogens with two attached hydrogens (primary N) is 1. The van der Waals surface area contributed by atoms with E-state index < -0.39 is 6.36 Å². The van der Waals surface area contributed by atoms with E-state index in [1.165, 1.54) is 0 Å². The minimum absolute atomic E-state index is 0.133. The van der Waals surface area contributed by atoms with E-state index in [2.05, 4.69) is 9.89 Å². The number of amidine groups is 1. The van der Waals surface area contributed by atoms with Crippen molar-refractivity contribution in [3.8, 4) is 0 Å². The zero-order chi connectivity index (χ0) is 14.5. The summed E-state index contributed by atoms with van der Waals surface area (Å²) >= 11 is 0. The minimum atomic E-state index is -4.57. The normalized spacial score (nSPS) is 21.6. The largest absolute Gasteiger partial charge is 0.522 e. The Kier molecular flexibility index (Phi) is 5.83. The van der Waals surface area contributed by atoms with Crippen LogP contribution in [-0.4, -0.2) is 72.6 Å². The van der Waals surface area contributed by atoms with E-state index >= 15 is 0 Å². The van der Waals surface area contributed by atoms with Gasteiger partial charge in [-0.2, -0.15) is 0 Å². The van der Waals surface area contributed by atoms with E-state index in [-0.39, 0.29) is 25.0 Å².